The van der Waals surface area contributed by atoms with Crippen LogP contribution in [0.3, 0.4) is 0 Å². The van der Waals surface area contributed by atoms with E-state index in [1.54, 1.807) is 31.4 Å². The Balaban J connectivity index is 2.54. The van der Waals surface area contributed by atoms with E-state index >= 15 is 0 Å². The second kappa shape index (κ2) is 5.46. The standard InChI is InChI=1S/C14H21N3O2S/c1-4-11(5-2)17(3)20(18,19)14-9-16-13-7-6-10(15)8-12(13)14/h6-9,11,16H,4-5,15H2,1-3H3. The largest absolute Gasteiger partial charge is 0.399 e. The molecule has 2 aromatic rings. The fourth-order valence-corrected chi connectivity index (χ4v) is 4.14. The molecule has 0 radical (unpaired) electrons. The van der Waals surface area contributed by atoms with Gasteiger partial charge in [0, 0.05) is 35.9 Å². The zero-order chi connectivity index (χ0) is 14.9. The molecule has 110 valence electrons. The summed E-state index contributed by atoms with van der Waals surface area (Å²) >= 11 is 0. The van der Waals surface area contributed by atoms with Crippen LogP contribution in [0.25, 0.3) is 10.9 Å². The van der Waals surface area contributed by atoms with Crippen LogP contribution in [0.5, 0.6) is 0 Å². The monoisotopic (exact) mass is 295 g/mol. The van der Waals surface area contributed by atoms with E-state index in [4.69, 9.17) is 5.73 Å². The third-order valence-corrected chi connectivity index (χ3v) is 5.73. The van der Waals surface area contributed by atoms with E-state index in [1.165, 1.54) is 4.31 Å². The predicted molar refractivity (Wildman–Crippen MR) is 82.0 cm³/mol. The Labute approximate surface area is 119 Å². The minimum absolute atomic E-state index is 0.00556. The van der Waals surface area contributed by atoms with Crippen LogP contribution in [0.4, 0.5) is 5.69 Å². The number of anilines is 1. The zero-order valence-electron chi connectivity index (χ0n) is 12.1. The fraction of sp³-hybridized carbons (Fsp3) is 0.429. The van der Waals surface area contributed by atoms with Gasteiger partial charge in [-0.05, 0) is 31.0 Å². The lowest BCUT2D eigenvalue weighted by molar-refractivity contribution is 0.350. The van der Waals surface area contributed by atoms with Crippen molar-refractivity contribution in [2.24, 2.45) is 0 Å². The number of rotatable bonds is 5. The molecule has 0 saturated heterocycles. The van der Waals surface area contributed by atoms with Crippen LogP contribution in [-0.4, -0.2) is 30.8 Å². The molecule has 0 bridgehead atoms. The highest BCUT2D eigenvalue weighted by atomic mass is 32.2. The molecule has 0 amide bonds. The average molecular weight is 295 g/mol. The number of fused-ring (bicyclic) bond motifs is 1. The highest BCUT2D eigenvalue weighted by Crippen LogP contribution is 2.28. The molecule has 0 saturated carbocycles. The van der Waals surface area contributed by atoms with E-state index in [0.717, 1.165) is 18.4 Å². The Kier molecular flexibility index (Phi) is 4.06. The SMILES string of the molecule is CCC(CC)N(C)S(=O)(=O)c1c[nH]c2ccc(N)cc12. The maximum atomic E-state index is 12.7. The number of nitrogens with one attached hydrogen (secondary N) is 1. The van der Waals surface area contributed by atoms with Crippen molar-refractivity contribution in [2.45, 2.75) is 37.6 Å². The molecule has 20 heavy (non-hydrogen) atoms. The molecule has 0 aliphatic heterocycles. The Hall–Kier alpha value is -1.53. The zero-order valence-corrected chi connectivity index (χ0v) is 12.9. The molecular weight excluding hydrogens is 274 g/mol. The average Bonchev–Trinajstić information content (AvgIpc) is 2.83. The highest BCUT2D eigenvalue weighted by molar-refractivity contribution is 7.89. The second-order valence-corrected chi connectivity index (χ2v) is 6.92. The van der Waals surface area contributed by atoms with Crippen LogP contribution in [0.15, 0.2) is 29.3 Å². The van der Waals surface area contributed by atoms with E-state index in [2.05, 4.69) is 4.98 Å². The summed E-state index contributed by atoms with van der Waals surface area (Å²) in [6.07, 6.45) is 3.12. The molecular formula is C14H21N3O2S. The van der Waals surface area contributed by atoms with Gasteiger partial charge >= 0.3 is 0 Å². The van der Waals surface area contributed by atoms with Crippen molar-refractivity contribution in [3.05, 3.63) is 24.4 Å². The molecule has 0 unspecified atom stereocenters. The number of benzene rings is 1. The smallest absolute Gasteiger partial charge is 0.245 e. The molecule has 0 fully saturated rings. The summed E-state index contributed by atoms with van der Waals surface area (Å²) in [4.78, 5) is 3.28. The Bertz CT molecular complexity index is 702. The van der Waals surface area contributed by atoms with Crippen molar-refractivity contribution in [1.82, 2.24) is 9.29 Å². The van der Waals surface area contributed by atoms with Crippen molar-refractivity contribution < 1.29 is 8.42 Å². The van der Waals surface area contributed by atoms with Crippen molar-refractivity contribution in [1.29, 1.82) is 0 Å². The van der Waals surface area contributed by atoms with Crippen molar-refractivity contribution in [3.8, 4) is 0 Å². The van der Waals surface area contributed by atoms with Gasteiger partial charge in [-0.1, -0.05) is 13.8 Å². The lowest BCUT2D eigenvalue weighted by Crippen LogP contribution is -2.36. The van der Waals surface area contributed by atoms with Gasteiger partial charge in [-0.3, -0.25) is 0 Å². The molecule has 0 aliphatic carbocycles. The van der Waals surface area contributed by atoms with E-state index in [-0.39, 0.29) is 10.9 Å². The number of hydrogen-bond donors (Lipinski definition) is 2. The molecule has 0 spiro atoms. The second-order valence-electron chi connectivity index (χ2n) is 4.95. The molecule has 0 atom stereocenters. The summed E-state index contributed by atoms with van der Waals surface area (Å²) in [5.74, 6) is 0. The van der Waals surface area contributed by atoms with Gasteiger partial charge in [0.2, 0.25) is 10.0 Å². The van der Waals surface area contributed by atoms with Gasteiger partial charge in [0.25, 0.3) is 0 Å². The highest BCUT2D eigenvalue weighted by Gasteiger charge is 2.28. The summed E-state index contributed by atoms with van der Waals surface area (Å²) in [7, 11) is -1.88. The summed E-state index contributed by atoms with van der Waals surface area (Å²) < 4.78 is 26.9. The van der Waals surface area contributed by atoms with Crippen LogP contribution in [-0.2, 0) is 10.0 Å². The van der Waals surface area contributed by atoms with E-state index in [9.17, 15) is 8.42 Å². The number of hydrogen-bond acceptors (Lipinski definition) is 3. The molecule has 6 heteroatoms. The van der Waals surface area contributed by atoms with E-state index in [1.807, 2.05) is 13.8 Å². The van der Waals surface area contributed by atoms with Gasteiger partial charge in [0.15, 0.2) is 0 Å². The molecule has 1 aromatic heterocycles. The van der Waals surface area contributed by atoms with Crippen molar-refractivity contribution >= 4 is 26.6 Å². The minimum atomic E-state index is -3.52. The van der Waals surface area contributed by atoms with Gasteiger partial charge in [-0.2, -0.15) is 4.31 Å². The van der Waals surface area contributed by atoms with Gasteiger partial charge in [0.05, 0.1) is 0 Å². The first-order valence-electron chi connectivity index (χ1n) is 6.76. The lowest BCUT2D eigenvalue weighted by Gasteiger charge is -2.25. The summed E-state index contributed by atoms with van der Waals surface area (Å²) in [6, 6.07) is 5.24. The summed E-state index contributed by atoms with van der Waals surface area (Å²) in [5, 5.41) is 0.641. The number of nitrogen functional groups attached to an aromatic ring is 1. The first-order valence-corrected chi connectivity index (χ1v) is 8.20. The first-order chi connectivity index (χ1) is 9.41. The molecule has 3 N–H and O–H groups in total. The van der Waals surface area contributed by atoms with Gasteiger partial charge in [-0.25, -0.2) is 8.42 Å². The summed E-state index contributed by atoms with van der Waals surface area (Å²) in [6.45, 7) is 3.99. The van der Waals surface area contributed by atoms with Gasteiger partial charge in [-0.15, -0.1) is 0 Å². The molecule has 2 rings (SSSR count). The maximum absolute atomic E-state index is 12.7. The Morgan fingerprint density at radius 2 is 1.95 bits per heavy atom. The number of H-pyrrole nitrogens is 1. The Morgan fingerprint density at radius 1 is 1.30 bits per heavy atom. The van der Waals surface area contributed by atoms with Crippen molar-refractivity contribution in [2.75, 3.05) is 12.8 Å². The predicted octanol–water partition coefficient (Wildman–Crippen LogP) is 2.56. The number of nitrogens with two attached hydrogens (primary N) is 1. The molecule has 5 nitrogen and oxygen atoms in total. The normalized spacial score (nSPS) is 12.7. The maximum Gasteiger partial charge on any atom is 0.245 e. The van der Waals surface area contributed by atoms with E-state index < -0.39 is 10.0 Å². The number of nitrogens with zero attached hydrogens (tertiary/aromatic N) is 1. The Morgan fingerprint density at radius 3 is 2.55 bits per heavy atom. The van der Waals surface area contributed by atoms with Crippen LogP contribution in [0, 0.1) is 0 Å². The van der Waals surface area contributed by atoms with Crippen LogP contribution >= 0.6 is 0 Å². The van der Waals surface area contributed by atoms with Crippen LogP contribution < -0.4 is 5.73 Å². The first kappa shape index (κ1) is 14.9. The fourth-order valence-electron chi connectivity index (χ4n) is 2.48. The van der Waals surface area contributed by atoms with Gasteiger partial charge < -0.3 is 10.7 Å². The topological polar surface area (TPSA) is 79.2 Å². The third kappa shape index (κ3) is 2.41. The molecule has 0 aliphatic rings. The summed E-state index contributed by atoms with van der Waals surface area (Å²) in [5.41, 5.74) is 7.09. The van der Waals surface area contributed by atoms with Crippen LogP contribution in [0.2, 0.25) is 0 Å². The third-order valence-electron chi connectivity index (χ3n) is 3.78. The lowest BCUT2D eigenvalue weighted by atomic mass is 10.2. The van der Waals surface area contributed by atoms with E-state index in [0.29, 0.717) is 11.1 Å². The molecule has 1 heterocycles. The molecule has 1 aromatic carbocycles. The quantitative estimate of drug-likeness (QED) is 0.832. The van der Waals surface area contributed by atoms with Crippen LogP contribution in [0.1, 0.15) is 26.7 Å². The van der Waals surface area contributed by atoms with Crippen molar-refractivity contribution in [3.63, 3.8) is 0 Å². The minimum Gasteiger partial charge on any atom is -0.399 e. The van der Waals surface area contributed by atoms with Gasteiger partial charge in [0.1, 0.15) is 4.90 Å². The number of sulfonamides is 1. The number of aromatic amines is 1. The number of aromatic nitrogens is 1.